The van der Waals surface area contributed by atoms with Gasteiger partial charge in [0, 0.05) is 5.88 Å². The molecule has 0 radical (unpaired) electrons. The third-order valence-corrected chi connectivity index (χ3v) is 3.90. The molecule has 1 aromatic rings. The fourth-order valence-electron chi connectivity index (χ4n) is 0.671. The zero-order valence-corrected chi connectivity index (χ0v) is 9.80. The Morgan fingerprint density at radius 2 is 2.33 bits per heavy atom. The van der Waals surface area contributed by atoms with Crippen LogP contribution in [-0.4, -0.2) is 16.5 Å². The zero-order valence-electron chi connectivity index (χ0n) is 5.89. The van der Waals surface area contributed by atoms with E-state index in [4.69, 9.17) is 23.2 Å². The molecule has 0 aliphatic carbocycles. The van der Waals surface area contributed by atoms with Crippen molar-refractivity contribution in [2.75, 3.05) is 5.88 Å². The van der Waals surface area contributed by atoms with E-state index < -0.39 is 0 Å². The van der Waals surface area contributed by atoms with Gasteiger partial charge in [0.25, 0.3) is 0 Å². The molecular weight excluding hydrogens is 283 g/mol. The van der Waals surface area contributed by atoms with Crippen molar-refractivity contribution in [3.8, 4) is 0 Å². The van der Waals surface area contributed by atoms with Crippen LogP contribution in [0, 0.1) is 0 Å². The number of thiophene rings is 1. The van der Waals surface area contributed by atoms with E-state index in [0.717, 1.165) is 0 Å². The number of rotatable bonds is 3. The van der Waals surface area contributed by atoms with E-state index in [0.29, 0.717) is 9.21 Å². The summed E-state index contributed by atoms with van der Waals surface area (Å²) in [6, 6.07) is 3.41. The van der Waals surface area contributed by atoms with Gasteiger partial charge in [0.05, 0.1) is 14.0 Å². The van der Waals surface area contributed by atoms with Crippen molar-refractivity contribution in [2.45, 2.75) is 4.83 Å². The van der Waals surface area contributed by atoms with Crippen molar-refractivity contribution in [3.63, 3.8) is 0 Å². The lowest BCUT2D eigenvalue weighted by atomic mass is 10.2. The molecular formula is C7H5BrCl2OS. The number of carbonyl (C=O) groups excluding carboxylic acids is 1. The highest BCUT2D eigenvalue weighted by molar-refractivity contribution is 9.10. The fourth-order valence-corrected chi connectivity index (χ4v) is 2.25. The third-order valence-electron chi connectivity index (χ3n) is 1.24. The van der Waals surface area contributed by atoms with Crippen LogP contribution < -0.4 is 0 Å². The van der Waals surface area contributed by atoms with Crippen LogP contribution in [-0.2, 0) is 0 Å². The minimum atomic E-state index is -0.311. The van der Waals surface area contributed by atoms with E-state index >= 15 is 0 Å². The second kappa shape index (κ2) is 4.61. The van der Waals surface area contributed by atoms with Gasteiger partial charge >= 0.3 is 0 Å². The SMILES string of the molecule is O=C(c1ccc(Cl)s1)C(Br)CCl. The monoisotopic (exact) mass is 286 g/mol. The van der Waals surface area contributed by atoms with Gasteiger partial charge in [-0.15, -0.1) is 22.9 Å². The lowest BCUT2D eigenvalue weighted by molar-refractivity contribution is 0.100. The maximum atomic E-state index is 11.4. The highest BCUT2D eigenvalue weighted by Gasteiger charge is 2.17. The highest BCUT2D eigenvalue weighted by atomic mass is 79.9. The summed E-state index contributed by atoms with van der Waals surface area (Å²) in [5.74, 6) is 0.260. The number of halogens is 3. The van der Waals surface area contributed by atoms with Gasteiger partial charge < -0.3 is 0 Å². The summed E-state index contributed by atoms with van der Waals surface area (Å²) in [6.45, 7) is 0. The van der Waals surface area contributed by atoms with E-state index in [1.54, 1.807) is 12.1 Å². The molecule has 12 heavy (non-hydrogen) atoms. The number of ketones is 1. The van der Waals surface area contributed by atoms with Crippen LogP contribution in [0.4, 0.5) is 0 Å². The smallest absolute Gasteiger partial charge is 0.187 e. The maximum Gasteiger partial charge on any atom is 0.187 e. The summed E-state index contributed by atoms with van der Waals surface area (Å²) in [7, 11) is 0. The Morgan fingerprint density at radius 3 is 2.75 bits per heavy atom. The molecule has 1 nitrogen and oxygen atoms in total. The Balaban J connectivity index is 2.78. The summed E-state index contributed by atoms with van der Waals surface area (Å²) < 4.78 is 0.618. The van der Waals surface area contributed by atoms with Gasteiger partial charge in [0.1, 0.15) is 0 Å². The van der Waals surface area contributed by atoms with E-state index in [1.807, 2.05) is 0 Å². The molecule has 1 rings (SSSR count). The van der Waals surface area contributed by atoms with Crippen molar-refractivity contribution >= 4 is 56.3 Å². The highest BCUT2D eigenvalue weighted by Crippen LogP contribution is 2.24. The summed E-state index contributed by atoms with van der Waals surface area (Å²) in [5.41, 5.74) is 0. The van der Waals surface area contributed by atoms with Crippen LogP contribution in [0.3, 0.4) is 0 Å². The van der Waals surface area contributed by atoms with Gasteiger partial charge in [-0.25, -0.2) is 0 Å². The van der Waals surface area contributed by atoms with E-state index in [2.05, 4.69) is 15.9 Å². The lowest BCUT2D eigenvalue weighted by Crippen LogP contribution is -2.13. The van der Waals surface area contributed by atoms with Crippen molar-refractivity contribution in [1.82, 2.24) is 0 Å². The molecule has 66 valence electrons. The summed E-state index contributed by atoms with van der Waals surface area (Å²) in [6.07, 6.45) is 0. The van der Waals surface area contributed by atoms with E-state index in [9.17, 15) is 4.79 Å². The van der Waals surface area contributed by atoms with Crippen LogP contribution in [0.25, 0.3) is 0 Å². The van der Waals surface area contributed by atoms with Gasteiger partial charge in [0.15, 0.2) is 5.78 Å². The average Bonchev–Trinajstić information content (AvgIpc) is 2.49. The number of Topliss-reactive ketones (excluding diaryl/α,β-unsaturated/α-hetero) is 1. The molecule has 0 saturated heterocycles. The molecule has 0 bridgehead atoms. The first-order valence-corrected chi connectivity index (χ1v) is 5.79. The first-order valence-electron chi connectivity index (χ1n) is 3.14. The summed E-state index contributed by atoms with van der Waals surface area (Å²) in [4.78, 5) is 11.7. The number of alkyl halides is 2. The standard InChI is InChI=1S/C7H5BrCl2OS/c8-4(3-9)7(11)5-1-2-6(10)12-5/h1-2,4H,3H2. The van der Waals surface area contributed by atoms with Crippen LogP contribution in [0.2, 0.25) is 4.34 Å². The van der Waals surface area contributed by atoms with Crippen LogP contribution in [0.5, 0.6) is 0 Å². The molecule has 1 aromatic heterocycles. The Kier molecular flexibility index (Phi) is 4.03. The number of carbonyl (C=O) groups is 1. The van der Waals surface area contributed by atoms with Crippen LogP contribution in [0.1, 0.15) is 9.67 Å². The maximum absolute atomic E-state index is 11.4. The molecule has 0 fully saturated rings. The second-order valence-electron chi connectivity index (χ2n) is 2.09. The molecule has 0 aliphatic heterocycles. The zero-order chi connectivity index (χ0) is 9.14. The van der Waals surface area contributed by atoms with E-state index in [1.165, 1.54) is 11.3 Å². The molecule has 0 N–H and O–H groups in total. The van der Waals surface area contributed by atoms with Crippen molar-refractivity contribution in [1.29, 1.82) is 0 Å². The largest absolute Gasteiger partial charge is 0.292 e. The molecule has 0 aliphatic rings. The topological polar surface area (TPSA) is 17.1 Å². The molecule has 0 amide bonds. The van der Waals surface area contributed by atoms with Crippen molar-refractivity contribution in [3.05, 3.63) is 21.3 Å². The van der Waals surface area contributed by atoms with Crippen molar-refractivity contribution in [2.24, 2.45) is 0 Å². The Labute approximate surface area is 92.8 Å². The molecule has 1 heterocycles. The number of hydrogen-bond donors (Lipinski definition) is 0. The average molecular weight is 288 g/mol. The number of hydrogen-bond acceptors (Lipinski definition) is 2. The van der Waals surface area contributed by atoms with Gasteiger partial charge in [-0.3, -0.25) is 4.79 Å². The molecule has 5 heteroatoms. The molecule has 0 aromatic carbocycles. The lowest BCUT2D eigenvalue weighted by Gasteiger charge is -2.00. The molecule has 1 atom stereocenters. The van der Waals surface area contributed by atoms with Gasteiger partial charge in [0.2, 0.25) is 0 Å². The predicted molar refractivity (Wildman–Crippen MR) is 57.1 cm³/mol. The van der Waals surface area contributed by atoms with Crippen LogP contribution in [0.15, 0.2) is 12.1 Å². The second-order valence-corrected chi connectivity index (χ2v) is 5.22. The first kappa shape index (κ1) is 10.5. The Hall–Kier alpha value is 0.430. The van der Waals surface area contributed by atoms with Gasteiger partial charge in [-0.2, -0.15) is 0 Å². The Bertz CT molecular complexity index is 287. The van der Waals surface area contributed by atoms with Gasteiger partial charge in [-0.05, 0) is 12.1 Å². The molecule has 1 unspecified atom stereocenters. The minimum Gasteiger partial charge on any atom is -0.292 e. The van der Waals surface area contributed by atoms with Crippen molar-refractivity contribution < 1.29 is 4.79 Å². The predicted octanol–water partition coefficient (Wildman–Crippen LogP) is 3.59. The summed E-state index contributed by atoms with van der Waals surface area (Å²) >= 11 is 15.6. The summed E-state index contributed by atoms with van der Waals surface area (Å²) in [5, 5.41) is 0. The molecule has 0 spiro atoms. The minimum absolute atomic E-state index is 0.0121. The third kappa shape index (κ3) is 2.46. The Morgan fingerprint density at radius 1 is 1.67 bits per heavy atom. The molecule has 0 saturated carbocycles. The van der Waals surface area contributed by atoms with Crippen LogP contribution >= 0.6 is 50.5 Å². The first-order chi connectivity index (χ1) is 5.65. The fraction of sp³-hybridized carbons (Fsp3) is 0.286. The van der Waals surface area contributed by atoms with Gasteiger partial charge in [-0.1, -0.05) is 27.5 Å². The normalized spacial score (nSPS) is 12.9. The van der Waals surface area contributed by atoms with E-state index in [-0.39, 0.29) is 16.5 Å². The quantitative estimate of drug-likeness (QED) is 0.613.